The summed E-state index contributed by atoms with van der Waals surface area (Å²) in [6.45, 7) is 18.2. The fraction of sp³-hybridized carbons (Fsp3) is 0.154. The zero-order chi connectivity index (χ0) is 42.1. The van der Waals surface area contributed by atoms with Crippen molar-refractivity contribution in [1.29, 1.82) is 0 Å². The van der Waals surface area contributed by atoms with Crippen LogP contribution in [0.25, 0.3) is 32.3 Å². The minimum atomic E-state index is 0.458. The lowest BCUT2D eigenvalue weighted by molar-refractivity contribution is 0.995. The highest BCUT2D eigenvalue weighted by atomic mass is 15.1. The molecule has 1 aliphatic rings. The smallest absolute Gasteiger partial charge is 0.159 e. The van der Waals surface area contributed by atoms with Crippen LogP contribution in [0, 0.1) is 0 Å². The van der Waals surface area contributed by atoms with Crippen LogP contribution in [-0.2, 0) is 0 Å². The van der Waals surface area contributed by atoms with Crippen molar-refractivity contribution in [2.45, 2.75) is 46.5 Å². The van der Waals surface area contributed by atoms with E-state index in [0.717, 1.165) is 61.9 Å². The van der Waals surface area contributed by atoms with E-state index in [1.54, 1.807) is 6.08 Å². The number of H-pyrrole nitrogens is 1. The number of benzene rings is 4. The van der Waals surface area contributed by atoms with Gasteiger partial charge in [0.2, 0.25) is 0 Å². The molecular formula is C52H52N8. The summed E-state index contributed by atoms with van der Waals surface area (Å²) in [7, 11) is 0. The third-order valence-electron chi connectivity index (χ3n) is 9.65. The molecule has 2 N–H and O–H groups in total. The van der Waals surface area contributed by atoms with Gasteiger partial charge in [-0.2, -0.15) is 0 Å². The molecule has 60 heavy (non-hydrogen) atoms. The Labute approximate surface area is 353 Å². The molecule has 1 aliphatic heterocycles. The van der Waals surface area contributed by atoms with E-state index in [-0.39, 0.29) is 0 Å². The number of fused-ring (bicyclic) bond motifs is 4. The maximum absolute atomic E-state index is 5.30. The Morgan fingerprint density at radius 2 is 1.38 bits per heavy atom. The van der Waals surface area contributed by atoms with E-state index in [1.165, 1.54) is 0 Å². The fourth-order valence-electron chi connectivity index (χ4n) is 6.62. The Morgan fingerprint density at radius 3 is 2.02 bits per heavy atom. The second kappa shape index (κ2) is 21.4. The van der Waals surface area contributed by atoms with Crippen LogP contribution in [0.1, 0.15) is 57.6 Å². The van der Waals surface area contributed by atoms with Crippen molar-refractivity contribution in [1.82, 2.24) is 10.3 Å². The number of hydrogen-bond acceptors (Lipinski definition) is 3. The summed E-state index contributed by atoms with van der Waals surface area (Å²) < 4.78 is 0. The van der Waals surface area contributed by atoms with Crippen molar-refractivity contribution in [2.24, 2.45) is 30.0 Å². The van der Waals surface area contributed by atoms with Crippen molar-refractivity contribution in [2.75, 3.05) is 6.54 Å². The second-order valence-corrected chi connectivity index (χ2v) is 13.9. The highest BCUT2D eigenvalue weighted by Crippen LogP contribution is 2.37. The summed E-state index contributed by atoms with van der Waals surface area (Å²) in [5, 5.41) is 9.83. The van der Waals surface area contributed by atoms with Crippen LogP contribution in [0.15, 0.2) is 200 Å². The Bertz CT molecular complexity index is 2740. The van der Waals surface area contributed by atoms with Crippen LogP contribution >= 0.6 is 0 Å². The summed E-state index contributed by atoms with van der Waals surface area (Å²) in [6.07, 6.45) is 28.6. The van der Waals surface area contributed by atoms with Gasteiger partial charge in [0, 0.05) is 34.9 Å². The number of rotatable bonds is 15. The molecule has 4 aromatic carbocycles. The van der Waals surface area contributed by atoms with E-state index >= 15 is 0 Å². The summed E-state index contributed by atoms with van der Waals surface area (Å²) >= 11 is 0. The predicted octanol–water partition coefficient (Wildman–Crippen LogP) is 13.1. The molecule has 0 atom stereocenters. The number of aromatic nitrogens is 1. The van der Waals surface area contributed by atoms with Crippen LogP contribution in [0.5, 0.6) is 0 Å². The first-order valence-corrected chi connectivity index (χ1v) is 20.3. The molecule has 0 amide bonds. The molecule has 0 radical (unpaired) electrons. The van der Waals surface area contributed by atoms with E-state index in [9.17, 15) is 0 Å². The van der Waals surface area contributed by atoms with Gasteiger partial charge >= 0.3 is 0 Å². The normalized spacial score (nSPS) is 15.7. The number of aromatic amines is 1. The molecule has 0 saturated heterocycles. The van der Waals surface area contributed by atoms with Crippen molar-refractivity contribution in [3.05, 3.63) is 182 Å². The van der Waals surface area contributed by atoms with Gasteiger partial charge in [-0.15, -0.1) is 6.58 Å². The van der Waals surface area contributed by atoms with Crippen molar-refractivity contribution < 1.29 is 0 Å². The predicted molar refractivity (Wildman–Crippen MR) is 262 cm³/mol. The fourth-order valence-corrected chi connectivity index (χ4v) is 6.62. The number of aliphatic imine (C=N–C) groups is 6. The third-order valence-corrected chi connectivity index (χ3v) is 9.65. The van der Waals surface area contributed by atoms with Crippen molar-refractivity contribution in [3.63, 3.8) is 0 Å². The Kier molecular flexibility index (Phi) is 15.1. The largest absolute Gasteiger partial charge is 0.324 e. The van der Waals surface area contributed by atoms with Crippen LogP contribution < -0.4 is 5.32 Å². The van der Waals surface area contributed by atoms with Gasteiger partial charge in [-0.25, -0.2) is 25.0 Å². The Morgan fingerprint density at radius 1 is 0.717 bits per heavy atom. The van der Waals surface area contributed by atoms with E-state index in [0.29, 0.717) is 60.2 Å². The minimum absolute atomic E-state index is 0.458. The van der Waals surface area contributed by atoms with Gasteiger partial charge in [-0.05, 0) is 104 Å². The van der Waals surface area contributed by atoms with Crippen LogP contribution in [-0.4, -0.2) is 47.4 Å². The standard InChI is InChI=1S/C52H52N8/c1-7-11-15-16-24-32-54-46(30-18-13-9-3)55-50-44-35-40-28-22-23-29-41(40)36-45(44)52(60-50)58-48(37(5)25-17-12-8-2)56-47(31-19-14-10-4)57-51-43-34-39-27-21-20-26-38(39)33-42(43)49(53-6)59-51/h7-13,15-16,18-23,25-29,31,33-36,59H,3-4,6,14,17,24,30,32H2,1-2,5H3,(H,54,55,56,57,58,60)/b11-7-,12-8-,16-15+,18-13+,31-19+,37-25+. The average Bonchev–Trinajstić information content (AvgIpc) is 3.77. The zero-order valence-electron chi connectivity index (χ0n) is 34.8. The van der Waals surface area contributed by atoms with Gasteiger partial charge in [-0.1, -0.05) is 128 Å². The number of amidine groups is 5. The van der Waals surface area contributed by atoms with Gasteiger partial charge < -0.3 is 10.3 Å². The monoisotopic (exact) mass is 788 g/mol. The molecule has 2 heterocycles. The highest BCUT2D eigenvalue weighted by molar-refractivity contribution is 6.31. The summed E-state index contributed by atoms with van der Waals surface area (Å²) in [5.74, 6) is 4.24. The quantitative estimate of drug-likeness (QED) is 0.0356. The lowest BCUT2D eigenvalue weighted by Gasteiger charge is -2.07. The lowest BCUT2D eigenvalue weighted by atomic mass is 10.0. The van der Waals surface area contributed by atoms with Gasteiger partial charge in [0.1, 0.15) is 29.1 Å². The number of nitrogens with zero attached hydrogens (tertiary/aromatic N) is 6. The minimum Gasteiger partial charge on any atom is -0.324 e. The highest BCUT2D eigenvalue weighted by Gasteiger charge is 2.26. The molecule has 0 spiro atoms. The SMILES string of the molecule is C=C/C=C/CC(=NCC/C=C/C=C\C)N=C1NC(=NC(=N\C(\C=C\CC=C)=N/c2[nH]c(N=C)c3cc4ccccc4cc23)/C(C)=C/C/C=C\C)c2cc3ccccc3cc21. The molecule has 0 unspecified atom stereocenters. The van der Waals surface area contributed by atoms with E-state index < -0.39 is 0 Å². The number of allylic oxidation sites excluding steroid dienone is 10. The van der Waals surface area contributed by atoms with Gasteiger partial charge in [0.25, 0.3) is 0 Å². The Balaban J connectivity index is 1.52. The molecule has 5 aromatic rings. The third kappa shape index (κ3) is 10.8. The molecule has 0 bridgehead atoms. The molecular weight excluding hydrogens is 737 g/mol. The molecule has 300 valence electrons. The molecule has 6 rings (SSSR count). The number of hydrogen-bond donors (Lipinski definition) is 2. The maximum atomic E-state index is 5.30. The van der Waals surface area contributed by atoms with E-state index in [1.807, 2.05) is 99.7 Å². The topological polar surface area (TPSA) is 102 Å². The lowest BCUT2D eigenvalue weighted by Crippen LogP contribution is -2.25. The van der Waals surface area contributed by atoms with Gasteiger partial charge in [0.15, 0.2) is 11.7 Å². The van der Waals surface area contributed by atoms with Gasteiger partial charge in [0.05, 0.1) is 0 Å². The van der Waals surface area contributed by atoms with Crippen LogP contribution in [0.2, 0.25) is 0 Å². The summed E-state index contributed by atoms with van der Waals surface area (Å²) in [5.41, 5.74) is 2.74. The molecule has 8 heteroatoms. The maximum Gasteiger partial charge on any atom is 0.159 e. The first-order valence-electron chi connectivity index (χ1n) is 20.3. The van der Waals surface area contributed by atoms with Crippen LogP contribution in [0.3, 0.4) is 0 Å². The molecule has 1 aromatic heterocycles. The molecule has 0 saturated carbocycles. The Hall–Kier alpha value is -7.32. The average molecular weight is 789 g/mol. The number of nitrogens with one attached hydrogen (secondary N) is 2. The molecule has 0 fully saturated rings. The molecule has 8 nitrogen and oxygen atoms in total. The second-order valence-electron chi connectivity index (χ2n) is 13.9. The van der Waals surface area contributed by atoms with Crippen molar-refractivity contribution >= 4 is 79.8 Å². The summed E-state index contributed by atoms with van der Waals surface area (Å²) in [6, 6.07) is 25.1. The van der Waals surface area contributed by atoms with Crippen LogP contribution in [0.4, 0.5) is 11.6 Å². The first kappa shape index (κ1) is 42.3. The van der Waals surface area contributed by atoms with E-state index in [4.69, 9.17) is 25.0 Å². The summed E-state index contributed by atoms with van der Waals surface area (Å²) in [4.78, 5) is 33.4. The van der Waals surface area contributed by atoms with Crippen molar-refractivity contribution in [3.8, 4) is 0 Å². The molecule has 0 aliphatic carbocycles. The van der Waals surface area contributed by atoms with E-state index in [2.05, 4.69) is 102 Å². The van der Waals surface area contributed by atoms with Gasteiger partial charge in [-0.3, -0.25) is 4.99 Å². The first-order chi connectivity index (χ1) is 29.5. The zero-order valence-corrected chi connectivity index (χ0v) is 34.8.